The van der Waals surface area contributed by atoms with Crippen LogP contribution in [0.4, 0.5) is 0 Å². The van der Waals surface area contributed by atoms with Crippen molar-refractivity contribution < 1.29 is 17.9 Å². The van der Waals surface area contributed by atoms with Crippen molar-refractivity contribution >= 4 is 15.9 Å². The predicted octanol–water partition coefficient (Wildman–Crippen LogP) is 2.17. The molecule has 0 atom stereocenters. The van der Waals surface area contributed by atoms with Gasteiger partial charge in [-0.25, -0.2) is 18.5 Å². The first-order chi connectivity index (χ1) is 13.9. The zero-order valence-corrected chi connectivity index (χ0v) is 16.4. The van der Waals surface area contributed by atoms with Crippen LogP contribution in [0.15, 0.2) is 77.8 Å². The minimum absolute atomic E-state index is 0.0153. The lowest BCUT2D eigenvalue weighted by Crippen LogP contribution is -2.24. The highest BCUT2D eigenvalue weighted by atomic mass is 32.2. The summed E-state index contributed by atoms with van der Waals surface area (Å²) in [7, 11) is -3.74. The lowest BCUT2D eigenvalue weighted by Gasteiger charge is -2.09. The number of rotatable bonds is 8. The molecule has 0 radical (unpaired) electrons. The Morgan fingerprint density at radius 2 is 1.69 bits per heavy atom. The minimum Gasteiger partial charge on any atom is -0.473 e. The summed E-state index contributed by atoms with van der Waals surface area (Å²) in [4.78, 5) is 16.4. The van der Waals surface area contributed by atoms with Gasteiger partial charge in [0.2, 0.25) is 21.8 Å². The maximum atomic E-state index is 12.2. The Labute approximate surface area is 169 Å². The Morgan fingerprint density at radius 3 is 2.38 bits per heavy atom. The molecule has 150 valence electrons. The van der Waals surface area contributed by atoms with E-state index in [0.717, 1.165) is 11.1 Å². The molecule has 29 heavy (non-hydrogen) atoms. The fourth-order valence-corrected chi connectivity index (χ4v) is 3.13. The molecule has 0 aliphatic heterocycles. The van der Waals surface area contributed by atoms with Gasteiger partial charge in [0.15, 0.2) is 0 Å². The summed E-state index contributed by atoms with van der Waals surface area (Å²) in [5, 5.41) is 7.89. The molecule has 8 heteroatoms. The Hall–Kier alpha value is -3.23. The molecule has 0 saturated heterocycles. The zero-order valence-electron chi connectivity index (χ0n) is 15.6. The number of amides is 1. The summed E-state index contributed by atoms with van der Waals surface area (Å²) in [6.07, 6.45) is 1.77. The maximum Gasteiger partial charge on any atom is 0.238 e. The molecule has 1 aromatic heterocycles. The standard InChI is InChI=1S/C21H21N3O4S/c22-29(26,27)19-8-6-16(7-9-19)12-20(25)24-14-18-10-11-23-21(13-18)28-15-17-4-2-1-3-5-17/h1-11,13H,12,14-15H2,(H,24,25)(H2,22,26,27). The Balaban J connectivity index is 1.51. The molecule has 0 unspecified atom stereocenters. The van der Waals surface area contributed by atoms with E-state index < -0.39 is 10.0 Å². The van der Waals surface area contributed by atoms with E-state index in [4.69, 9.17) is 9.88 Å². The molecule has 3 aromatic rings. The van der Waals surface area contributed by atoms with Crippen LogP contribution in [0.3, 0.4) is 0 Å². The van der Waals surface area contributed by atoms with Crippen molar-refractivity contribution in [2.45, 2.75) is 24.5 Å². The Bertz CT molecular complexity index is 1070. The summed E-state index contributed by atoms with van der Waals surface area (Å²) in [5.74, 6) is 0.302. The van der Waals surface area contributed by atoms with Gasteiger partial charge in [0.05, 0.1) is 11.3 Å². The van der Waals surface area contributed by atoms with Crippen LogP contribution in [-0.2, 0) is 34.4 Å². The van der Waals surface area contributed by atoms with Gasteiger partial charge in [0, 0.05) is 18.8 Å². The van der Waals surface area contributed by atoms with Gasteiger partial charge in [0.1, 0.15) is 6.61 Å². The molecule has 1 amide bonds. The molecule has 0 saturated carbocycles. The van der Waals surface area contributed by atoms with Crippen LogP contribution in [0.5, 0.6) is 5.88 Å². The fourth-order valence-electron chi connectivity index (χ4n) is 2.62. The number of pyridine rings is 1. The second-order valence-electron chi connectivity index (χ2n) is 6.42. The Kier molecular flexibility index (Phi) is 6.58. The van der Waals surface area contributed by atoms with Crippen LogP contribution in [0.1, 0.15) is 16.7 Å². The molecule has 0 bridgehead atoms. The van der Waals surface area contributed by atoms with E-state index >= 15 is 0 Å². The molecule has 0 fully saturated rings. The molecular weight excluding hydrogens is 390 g/mol. The maximum absolute atomic E-state index is 12.2. The number of nitrogens with one attached hydrogen (secondary N) is 1. The van der Waals surface area contributed by atoms with E-state index in [1.807, 2.05) is 30.3 Å². The van der Waals surface area contributed by atoms with Crippen molar-refractivity contribution in [2.24, 2.45) is 5.14 Å². The second kappa shape index (κ2) is 9.31. The van der Waals surface area contributed by atoms with E-state index in [-0.39, 0.29) is 17.2 Å². The number of hydrogen-bond acceptors (Lipinski definition) is 5. The van der Waals surface area contributed by atoms with Crippen LogP contribution in [0.25, 0.3) is 0 Å². The smallest absolute Gasteiger partial charge is 0.238 e. The van der Waals surface area contributed by atoms with Crippen LogP contribution in [0, 0.1) is 0 Å². The molecular formula is C21H21N3O4S. The largest absolute Gasteiger partial charge is 0.473 e. The average Bonchev–Trinajstić information content (AvgIpc) is 2.72. The first-order valence-corrected chi connectivity index (χ1v) is 10.4. The van der Waals surface area contributed by atoms with Crippen molar-refractivity contribution in [3.8, 4) is 5.88 Å². The fraction of sp³-hybridized carbons (Fsp3) is 0.143. The van der Waals surface area contributed by atoms with Crippen LogP contribution >= 0.6 is 0 Å². The number of carbonyl (C=O) groups excluding carboxylic acids is 1. The second-order valence-corrected chi connectivity index (χ2v) is 7.98. The topological polar surface area (TPSA) is 111 Å². The SMILES string of the molecule is NS(=O)(=O)c1ccc(CC(=O)NCc2ccnc(OCc3ccccc3)c2)cc1. The van der Waals surface area contributed by atoms with Gasteiger partial charge in [-0.2, -0.15) is 0 Å². The third-order valence-corrected chi connectivity index (χ3v) is 5.06. The number of aromatic nitrogens is 1. The molecule has 0 aliphatic carbocycles. The van der Waals surface area contributed by atoms with Crippen molar-refractivity contribution in [1.29, 1.82) is 0 Å². The third-order valence-electron chi connectivity index (χ3n) is 4.14. The zero-order chi connectivity index (χ0) is 20.7. The number of ether oxygens (including phenoxy) is 1. The van der Waals surface area contributed by atoms with Gasteiger partial charge in [-0.3, -0.25) is 4.79 Å². The lowest BCUT2D eigenvalue weighted by atomic mass is 10.1. The first kappa shape index (κ1) is 20.5. The lowest BCUT2D eigenvalue weighted by molar-refractivity contribution is -0.120. The van der Waals surface area contributed by atoms with E-state index in [0.29, 0.717) is 24.6 Å². The molecule has 0 aliphatic rings. The van der Waals surface area contributed by atoms with E-state index in [1.54, 1.807) is 30.5 Å². The van der Waals surface area contributed by atoms with E-state index in [1.165, 1.54) is 12.1 Å². The Morgan fingerprint density at radius 1 is 0.966 bits per heavy atom. The number of benzene rings is 2. The normalized spacial score (nSPS) is 11.1. The van der Waals surface area contributed by atoms with Gasteiger partial charge in [-0.1, -0.05) is 42.5 Å². The van der Waals surface area contributed by atoms with E-state index in [9.17, 15) is 13.2 Å². The highest BCUT2D eigenvalue weighted by Crippen LogP contribution is 2.12. The minimum atomic E-state index is -3.74. The summed E-state index contributed by atoms with van der Waals surface area (Å²) in [6.45, 7) is 0.747. The number of nitrogens with two attached hydrogens (primary N) is 1. The number of primary sulfonamides is 1. The van der Waals surface area contributed by atoms with Gasteiger partial charge < -0.3 is 10.1 Å². The van der Waals surface area contributed by atoms with E-state index in [2.05, 4.69) is 10.3 Å². The van der Waals surface area contributed by atoms with Gasteiger partial charge in [-0.05, 0) is 34.9 Å². The molecule has 7 nitrogen and oxygen atoms in total. The number of nitrogens with zero attached hydrogens (tertiary/aromatic N) is 1. The third kappa shape index (κ3) is 6.41. The summed E-state index contributed by atoms with van der Waals surface area (Å²) < 4.78 is 28.2. The summed E-state index contributed by atoms with van der Waals surface area (Å²) in [6, 6.07) is 19.3. The molecule has 2 aromatic carbocycles. The molecule has 1 heterocycles. The van der Waals surface area contributed by atoms with Crippen molar-refractivity contribution in [1.82, 2.24) is 10.3 Å². The number of carbonyl (C=O) groups is 1. The van der Waals surface area contributed by atoms with Crippen molar-refractivity contribution in [3.05, 3.63) is 89.6 Å². The van der Waals surface area contributed by atoms with Crippen LogP contribution in [0.2, 0.25) is 0 Å². The quantitative estimate of drug-likeness (QED) is 0.590. The highest BCUT2D eigenvalue weighted by Gasteiger charge is 2.09. The summed E-state index contributed by atoms with van der Waals surface area (Å²) in [5.41, 5.74) is 2.60. The monoisotopic (exact) mass is 411 g/mol. The number of hydrogen-bond donors (Lipinski definition) is 2. The number of sulfonamides is 1. The van der Waals surface area contributed by atoms with Crippen molar-refractivity contribution in [3.63, 3.8) is 0 Å². The average molecular weight is 411 g/mol. The molecule has 0 spiro atoms. The summed E-state index contributed by atoms with van der Waals surface area (Å²) >= 11 is 0. The van der Waals surface area contributed by atoms with Gasteiger partial charge in [0.25, 0.3) is 0 Å². The predicted molar refractivity (Wildman–Crippen MR) is 108 cm³/mol. The van der Waals surface area contributed by atoms with Crippen LogP contribution in [-0.4, -0.2) is 19.3 Å². The van der Waals surface area contributed by atoms with Crippen LogP contribution < -0.4 is 15.2 Å². The first-order valence-electron chi connectivity index (χ1n) is 8.90. The molecule has 3 rings (SSSR count). The van der Waals surface area contributed by atoms with Gasteiger partial charge in [-0.15, -0.1) is 0 Å². The highest BCUT2D eigenvalue weighted by molar-refractivity contribution is 7.89. The van der Waals surface area contributed by atoms with Crippen molar-refractivity contribution in [2.75, 3.05) is 0 Å². The molecule has 3 N–H and O–H groups in total. The van der Waals surface area contributed by atoms with Gasteiger partial charge >= 0.3 is 0 Å².